The van der Waals surface area contributed by atoms with E-state index in [9.17, 15) is 0 Å². The van der Waals surface area contributed by atoms with E-state index in [4.69, 9.17) is 10.2 Å². The molecule has 0 rings (SSSR count). The fraction of sp³-hybridized carbons (Fsp3) is 1.00. The highest BCUT2D eigenvalue weighted by molar-refractivity contribution is 7.99. The second-order valence-corrected chi connectivity index (χ2v) is 9.38. The number of unbranched alkanes of at least 4 members (excludes halogenated alkanes) is 2. The summed E-state index contributed by atoms with van der Waals surface area (Å²) < 4.78 is 0. The van der Waals surface area contributed by atoms with Gasteiger partial charge in [0.2, 0.25) is 0 Å². The summed E-state index contributed by atoms with van der Waals surface area (Å²) in [6.45, 7) is 9.81. The molecule has 2 N–H and O–H groups in total. The standard InChI is InChI=1S/C19H40O2S/c1-18(2,12-9-14-20)10-5-7-16-22-17-8-6-11-19(3,4)13-15-21/h20-21H,5-17H2,1-4H3. The van der Waals surface area contributed by atoms with E-state index in [0.29, 0.717) is 24.0 Å². The van der Waals surface area contributed by atoms with Crippen LogP contribution in [0.2, 0.25) is 0 Å². The quantitative estimate of drug-likeness (QED) is 0.401. The first-order chi connectivity index (χ1) is 10.3. The molecule has 0 fully saturated rings. The van der Waals surface area contributed by atoms with Crippen LogP contribution in [0.4, 0.5) is 0 Å². The molecular formula is C19H40O2S. The van der Waals surface area contributed by atoms with Gasteiger partial charge in [-0.1, -0.05) is 40.5 Å². The van der Waals surface area contributed by atoms with Crippen molar-refractivity contribution in [2.45, 2.75) is 85.5 Å². The van der Waals surface area contributed by atoms with Crippen LogP contribution in [0.1, 0.15) is 85.5 Å². The first-order valence-electron chi connectivity index (χ1n) is 9.12. The van der Waals surface area contributed by atoms with E-state index in [-0.39, 0.29) is 0 Å². The van der Waals surface area contributed by atoms with E-state index < -0.39 is 0 Å². The summed E-state index contributed by atoms with van der Waals surface area (Å²) >= 11 is 2.10. The van der Waals surface area contributed by atoms with Crippen LogP contribution in [0.25, 0.3) is 0 Å². The zero-order valence-electron chi connectivity index (χ0n) is 15.5. The SMILES string of the molecule is CC(C)(CCO)CCCCSCCCCC(C)(C)CCCO. The number of aliphatic hydroxyl groups excluding tert-OH is 2. The summed E-state index contributed by atoms with van der Waals surface area (Å²) in [6, 6.07) is 0. The number of rotatable bonds is 15. The summed E-state index contributed by atoms with van der Waals surface area (Å²) in [6.07, 6.45) is 10.7. The number of thioether (sulfide) groups is 1. The molecule has 0 aliphatic rings. The molecule has 3 heteroatoms. The molecular weight excluding hydrogens is 292 g/mol. The van der Waals surface area contributed by atoms with Gasteiger partial charge in [0.1, 0.15) is 0 Å². The Morgan fingerprint density at radius 2 is 1.05 bits per heavy atom. The molecule has 0 radical (unpaired) electrons. The lowest BCUT2D eigenvalue weighted by Gasteiger charge is -2.24. The van der Waals surface area contributed by atoms with Gasteiger partial charge in [-0.05, 0) is 67.3 Å². The molecule has 22 heavy (non-hydrogen) atoms. The molecule has 0 aromatic rings. The molecule has 0 saturated carbocycles. The third kappa shape index (κ3) is 13.9. The van der Waals surface area contributed by atoms with Gasteiger partial charge in [-0.3, -0.25) is 0 Å². The van der Waals surface area contributed by atoms with Gasteiger partial charge in [-0.25, -0.2) is 0 Å². The van der Waals surface area contributed by atoms with Crippen LogP contribution in [0.5, 0.6) is 0 Å². The van der Waals surface area contributed by atoms with Crippen molar-refractivity contribution in [3.8, 4) is 0 Å². The fourth-order valence-electron chi connectivity index (χ4n) is 2.83. The van der Waals surface area contributed by atoms with E-state index in [2.05, 4.69) is 39.5 Å². The number of aliphatic hydroxyl groups is 2. The fourth-order valence-corrected chi connectivity index (χ4v) is 3.85. The van der Waals surface area contributed by atoms with Gasteiger partial charge in [-0.2, -0.15) is 11.8 Å². The van der Waals surface area contributed by atoms with Gasteiger partial charge >= 0.3 is 0 Å². The lowest BCUT2D eigenvalue weighted by Crippen LogP contribution is -2.13. The zero-order valence-corrected chi connectivity index (χ0v) is 16.3. The van der Waals surface area contributed by atoms with Crippen molar-refractivity contribution < 1.29 is 10.2 Å². The second kappa shape index (κ2) is 12.7. The van der Waals surface area contributed by atoms with Gasteiger partial charge in [0.25, 0.3) is 0 Å². The number of hydrogen-bond donors (Lipinski definition) is 2. The Labute approximate surface area is 143 Å². The van der Waals surface area contributed by atoms with Crippen molar-refractivity contribution in [1.29, 1.82) is 0 Å². The van der Waals surface area contributed by atoms with Gasteiger partial charge < -0.3 is 10.2 Å². The third-order valence-corrected chi connectivity index (χ3v) is 5.74. The molecule has 0 unspecified atom stereocenters. The van der Waals surface area contributed by atoms with Gasteiger partial charge in [0, 0.05) is 13.2 Å². The second-order valence-electron chi connectivity index (χ2n) is 8.16. The molecule has 0 saturated heterocycles. The van der Waals surface area contributed by atoms with Crippen LogP contribution in [0.15, 0.2) is 0 Å². The smallest absolute Gasteiger partial charge is 0.0436 e. The molecule has 0 aliphatic carbocycles. The lowest BCUT2D eigenvalue weighted by atomic mass is 9.83. The Bertz CT molecular complexity index is 252. The number of hydrogen-bond acceptors (Lipinski definition) is 3. The molecule has 0 aliphatic heterocycles. The van der Waals surface area contributed by atoms with Crippen LogP contribution in [0, 0.1) is 10.8 Å². The summed E-state index contributed by atoms with van der Waals surface area (Å²) in [5, 5.41) is 17.9. The average Bonchev–Trinajstić information content (AvgIpc) is 2.43. The monoisotopic (exact) mass is 332 g/mol. The maximum absolute atomic E-state index is 9.01. The molecule has 0 bridgehead atoms. The normalized spacial score (nSPS) is 12.8. The topological polar surface area (TPSA) is 40.5 Å². The van der Waals surface area contributed by atoms with Crippen molar-refractivity contribution >= 4 is 11.8 Å². The maximum atomic E-state index is 9.01. The van der Waals surface area contributed by atoms with Gasteiger partial charge in [-0.15, -0.1) is 0 Å². The third-order valence-electron chi connectivity index (χ3n) is 4.58. The Balaban J connectivity index is 3.40. The molecule has 134 valence electrons. The Kier molecular flexibility index (Phi) is 12.8. The van der Waals surface area contributed by atoms with E-state index >= 15 is 0 Å². The predicted octanol–water partition coefficient (Wildman–Crippen LogP) is 5.27. The Morgan fingerprint density at radius 3 is 1.50 bits per heavy atom. The van der Waals surface area contributed by atoms with Crippen molar-refractivity contribution in [3.05, 3.63) is 0 Å². The van der Waals surface area contributed by atoms with Crippen molar-refractivity contribution in [2.24, 2.45) is 10.8 Å². The minimum Gasteiger partial charge on any atom is -0.396 e. The minimum absolute atomic E-state index is 0.305. The molecule has 0 atom stereocenters. The highest BCUT2D eigenvalue weighted by atomic mass is 32.2. The summed E-state index contributed by atoms with van der Waals surface area (Å²) in [5.41, 5.74) is 0.700. The van der Waals surface area contributed by atoms with Crippen LogP contribution in [-0.2, 0) is 0 Å². The zero-order chi connectivity index (χ0) is 16.9. The van der Waals surface area contributed by atoms with Crippen molar-refractivity contribution in [1.82, 2.24) is 0 Å². The van der Waals surface area contributed by atoms with Gasteiger partial charge in [0.05, 0.1) is 0 Å². The van der Waals surface area contributed by atoms with E-state index in [1.165, 1.54) is 50.0 Å². The summed E-state index contributed by atoms with van der Waals surface area (Å²) in [7, 11) is 0. The molecule has 0 aromatic heterocycles. The van der Waals surface area contributed by atoms with Crippen LogP contribution in [-0.4, -0.2) is 34.9 Å². The Morgan fingerprint density at radius 1 is 0.591 bits per heavy atom. The van der Waals surface area contributed by atoms with Crippen molar-refractivity contribution in [2.75, 3.05) is 24.7 Å². The summed E-state index contributed by atoms with van der Waals surface area (Å²) in [4.78, 5) is 0. The molecule has 2 nitrogen and oxygen atoms in total. The van der Waals surface area contributed by atoms with Crippen LogP contribution >= 0.6 is 11.8 Å². The van der Waals surface area contributed by atoms with Crippen molar-refractivity contribution in [3.63, 3.8) is 0 Å². The molecule has 0 heterocycles. The minimum atomic E-state index is 0.305. The van der Waals surface area contributed by atoms with E-state index in [1.807, 2.05) is 0 Å². The predicted molar refractivity (Wildman–Crippen MR) is 101 cm³/mol. The first-order valence-corrected chi connectivity index (χ1v) is 10.3. The molecule has 0 amide bonds. The highest BCUT2D eigenvalue weighted by Gasteiger charge is 2.17. The maximum Gasteiger partial charge on any atom is 0.0436 e. The van der Waals surface area contributed by atoms with Crippen LogP contribution in [0.3, 0.4) is 0 Å². The first kappa shape index (κ1) is 22.3. The van der Waals surface area contributed by atoms with Crippen LogP contribution < -0.4 is 0 Å². The lowest BCUT2D eigenvalue weighted by molar-refractivity contribution is 0.199. The largest absolute Gasteiger partial charge is 0.396 e. The highest BCUT2D eigenvalue weighted by Crippen LogP contribution is 2.29. The van der Waals surface area contributed by atoms with Gasteiger partial charge in [0.15, 0.2) is 0 Å². The molecule has 0 spiro atoms. The average molecular weight is 333 g/mol. The molecule has 0 aromatic carbocycles. The van der Waals surface area contributed by atoms with E-state index in [1.54, 1.807) is 0 Å². The van der Waals surface area contributed by atoms with E-state index in [0.717, 1.165) is 19.3 Å². The Hall–Kier alpha value is 0.270. The summed E-state index contributed by atoms with van der Waals surface area (Å²) in [5.74, 6) is 2.57.